The minimum absolute atomic E-state index is 0.00615. The Hall–Kier alpha value is -4.02. The predicted octanol–water partition coefficient (Wildman–Crippen LogP) is 1.15. The van der Waals surface area contributed by atoms with Gasteiger partial charge in [-0.3, -0.25) is 26.0 Å². The van der Waals surface area contributed by atoms with Crippen molar-refractivity contribution in [2.75, 3.05) is 5.73 Å². The van der Waals surface area contributed by atoms with E-state index < -0.39 is 21.4 Å². The molecular formula is C15H14N6O5. The highest BCUT2D eigenvalue weighted by Gasteiger charge is 2.19. The number of hydrogen-bond donors (Lipinski definition) is 1. The van der Waals surface area contributed by atoms with Crippen LogP contribution < -0.4 is 15.8 Å². The van der Waals surface area contributed by atoms with Crippen molar-refractivity contribution in [3.63, 3.8) is 0 Å². The lowest BCUT2D eigenvalue weighted by Crippen LogP contribution is -2.06. The molecule has 0 radical (unpaired) electrons. The summed E-state index contributed by atoms with van der Waals surface area (Å²) >= 11 is 0. The Morgan fingerprint density at radius 1 is 1.08 bits per heavy atom. The van der Waals surface area contributed by atoms with Crippen LogP contribution in [0.15, 0.2) is 48.7 Å². The van der Waals surface area contributed by atoms with E-state index in [-0.39, 0.29) is 17.1 Å². The fourth-order valence-electron chi connectivity index (χ4n) is 2.01. The van der Waals surface area contributed by atoms with Gasteiger partial charge in [-0.05, 0) is 25.1 Å². The zero-order valence-corrected chi connectivity index (χ0v) is 13.5. The maximum Gasteiger partial charge on any atom is 0.303 e. The van der Waals surface area contributed by atoms with Crippen molar-refractivity contribution in [3.8, 4) is 11.6 Å². The van der Waals surface area contributed by atoms with Crippen molar-refractivity contribution < 1.29 is 19.9 Å². The van der Waals surface area contributed by atoms with Crippen molar-refractivity contribution in [2.45, 2.75) is 6.92 Å². The number of nitro benzene ring substituents is 1. The highest BCUT2D eigenvalue weighted by Crippen LogP contribution is 2.29. The first-order valence-corrected chi connectivity index (χ1v) is 7.19. The molecule has 26 heavy (non-hydrogen) atoms. The standard InChI is InChI=1S/C10H8N4O5.C5H6N2/c1-6-9(14(18)19)10(15)12(11-6)7-2-4-8(5-3-7)13(16)17;6-5-3-1-2-4-7-5/h2-5,15H,1H3;1-4H,(H2,6,7). The molecule has 0 spiro atoms. The third-order valence-electron chi connectivity index (χ3n) is 3.21. The summed E-state index contributed by atoms with van der Waals surface area (Å²) in [4.78, 5) is 22.6. The van der Waals surface area contributed by atoms with Gasteiger partial charge in [0.1, 0.15) is 5.69 Å². The van der Waals surface area contributed by atoms with Crippen molar-refractivity contribution in [2.24, 2.45) is 0 Å². The maximum absolute atomic E-state index is 11.8. The van der Waals surface area contributed by atoms with Crippen LogP contribution in [-0.2, 0) is 0 Å². The molecule has 3 rings (SSSR count). The number of aryl methyl sites for hydroxylation is 1. The topological polar surface area (TPSA) is 167 Å². The number of pyridine rings is 1. The third-order valence-corrected chi connectivity index (χ3v) is 3.21. The van der Waals surface area contributed by atoms with E-state index in [4.69, 9.17) is 5.73 Å². The molecule has 0 bridgehead atoms. The highest BCUT2D eigenvalue weighted by molar-refractivity contribution is 5.50. The van der Waals surface area contributed by atoms with Crippen LogP contribution in [0.4, 0.5) is 17.2 Å². The van der Waals surface area contributed by atoms with Crippen LogP contribution in [0.2, 0.25) is 0 Å². The smallest absolute Gasteiger partial charge is 0.303 e. The Balaban J connectivity index is 0.000000290. The van der Waals surface area contributed by atoms with Crippen molar-refractivity contribution in [1.29, 1.82) is 0 Å². The molecule has 11 nitrogen and oxygen atoms in total. The summed E-state index contributed by atoms with van der Waals surface area (Å²) in [6.07, 6.45) is 1.79. The van der Waals surface area contributed by atoms with E-state index in [1.807, 2.05) is 12.1 Å². The third kappa shape index (κ3) is 4.08. The summed E-state index contributed by atoms with van der Waals surface area (Å²) in [6.45, 7) is 1.35. The number of nitro groups is 2. The number of anilines is 1. The van der Waals surface area contributed by atoms with E-state index in [1.54, 1.807) is 12.3 Å². The summed E-state index contributed by atoms with van der Waals surface area (Å²) in [5, 5.41) is 36.7. The van der Waals surface area contributed by atoms with Gasteiger partial charge in [-0.1, -0.05) is 6.07 Å². The van der Waals surface area contributed by atoms with E-state index in [0.29, 0.717) is 5.82 Å². The predicted molar refractivity (Wildman–Crippen MR) is 88.5 cm³/mol. The van der Waals surface area contributed by atoms with Crippen LogP contribution in [0, 0.1) is 27.2 Å². The Bertz CT molecular complexity index is 924. The number of H-pyrrole nitrogens is 1. The Labute approximate surface area is 146 Å². The molecule has 2 heterocycles. The zero-order valence-electron chi connectivity index (χ0n) is 13.5. The number of benzene rings is 1. The number of aromatic amines is 1. The summed E-state index contributed by atoms with van der Waals surface area (Å²) in [6, 6.07) is 10.6. The number of non-ortho nitro benzene ring substituents is 1. The number of nitrogen functional groups attached to an aromatic ring is 1. The molecule has 2 aromatic heterocycles. The lowest BCUT2D eigenvalue weighted by Gasteiger charge is -2.08. The summed E-state index contributed by atoms with van der Waals surface area (Å²) < 4.78 is 0.844. The van der Waals surface area contributed by atoms with Gasteiger partial charge in [0.25, 0.3) is 11.5 Å². The van der Waals surface area contributed by atoms with Crippen LogP contribution >= 0.6 is 0 Å². The van der Waals surface area contributed by atoms with Crippen LogP contribution in [0.5, 0.6) is 5.88 Å². The largest absolute Gasteiger partial charge is 0.854 e. The molecule has 0 saturated carbocycles. The Morgan fingerprint density at radius 2 is 1.73 bits per heavy atom. The Morgan fingerprint density at radius 3 is 2.12 bits per heavy atom. The summed E-state index contributed by atoms with van der Waals surface area (Å²) in [7, 11) is 0. The van der Waals surface area contributed by atoms with Gasteiger partial charge < -0.3 is 5.11 Å². The lowest BCUT2D eigenvalue weighted by molar-refractivity contribution is -0.399. The van der Waals surface area contributed by atoms with Crippen molar-refractivity contribution in [1.82, 2.24) is 9.78 Å². The highest BCUT2D eigenvalue weighted by atomic mass is 16.6. The van der Waals surface area contributed by atoms with Gasteiger partial charge in [0.2, 0.25) is 0 Å². The van der Waals surface area contributed by atoms with Crippen molar-refractivity contribution >= 4 is 17.2 Å². The first-order chi connectivity index (χ1) is 12.3. The molecule has 0 aliphatic carbocycles. The second kappa shape index (κ2) is 7.70. The van der Waals surface area contributed by atoms with E-state index >= 15 is 0 Å². The van der Waals surface area contributed by atoms with Crippen LogP contribution in [0.3, 0.4) is 0 Å². The van der Waals surface area contributed by atoms with Crippen LogP contribution in [0.25, 0.3) is 5.69 Å². The van der Waals surface area contributed by atoms with Gasteiger partial charge in [0.15, 0.2) is 0 Å². The molecule has 0 aliphatic heterocycles. The number of nitrogens with two attached hydrogens (primary N) is 1. The fourth-order valence-corrected chi connectivity index (χ4v) is 2.01. The van der Waals surface area contributed by atoms with E-state index in [2.05, 4.69) is 10.1 Å². The zero-order chi connectivity index (χ0) is 19.3. The van der Waals surface area contributed by atoms with Gasteiger partial charge in [0.05, 0.1) is 27.6 Å². The molecule has 0 amide bonds. The van der Waals surface area contributed by atoms with Gasteiger partial charge in [-0.2, -0.15) is 5.10 Å². The van der Waals surface area contributed by atoms with Gasteiger partial charge in [-0.25, -0.2) is 9.67 Å². The molecule has 0 saturated heterocycles. The number of nitrogens with zero attached hydrogens (tertiary/aromatic N) is 4. The van der Waals surface area contributed by atoms with Gasteiger partial charge in [0, 0.05) is 18.2 Å². The molecule has 0 aliphatic rings. The Kier molecular flexibility index (Phi) is 5.43. The number of rotatable bonds is 3. The van der Waals surface area contributed by atoms with E-state index in [9.17, 15) is 25.3 Å². The van der Waals surface area contributed by atoms with E-state index in [1.165, 1.54) is 31.2 Å². The second-order valence-corrected chi connectivity index (χ2v) is 5.00. The number of nitrogens with one attached hydrogen (secondary N) is 1. The molecule has 134 valence electrons. The van der Waals surface area contributed by atoms with Crippen LogP contribution in [0.1, 0.15) is 5.69 Å². The minimum atomic E-state index is -0.864. The van der Waals surface area contributed by atoms with E-state index in [0.717, 1.165) is 4.68 Å². The molecule has 0 fully saturated rings. The molecule has 0 atom stereocenters. The quantitative estimate of drug-likeness (QED) is 0.541. The van der Waals surface area contributed by atoms with Gasteiger partial charge >= 0.3 is 5.69 Å². The average molecular weight is 358 g/mol. The fraction of sp³-hybridized carbons (Fsp3) is 0.0667. The summed E-state index contributed by atoms with van der Waals surface area (Å²) in [5.41, 5.74) is 4.78. The minimum Gasteiger partial charge on any atom is -0.854 e. The molecule has 3 aromatic rings. The average Bonchev–Trinajstić information content (AvgIpc) is 2.91. The normalized spacial score (nSPS) is 9.88. The van der Waals surface area contributed by atoms with Gasteiger partial charge in [-0.15, -0.1) is 0 Å². The first-order valence-electron chi connectivity index (χ1n) is 7.19. The monoisotopic (exact) mass is 358 g/mol. The molecule has 11 heteroatoms. The maximum atomic E-state index is 11.8. The first kappa shape index (κ1) is 18.3. The second-order valence-electron chi connectivity index (χ2n) is 5.00. The summed E-state index contributed by atoms with van der Waals surface area (Å²) in [5.74, 6) is -0.168. The van der Waals surface area contributed by atoms with Crippen LogP contribution in [-0.4, -0.2) is 19.6 Å². The number of hydrogen-bond acceptors (Lipinski definition) is 7. The molecule has 1 aromatic carbocycles. The number of aromatic nitrogens is 3. The van der Waals surface area contributed by atoms with Crippen molar-refractivity contribution in [3.05, 3.63) is 74.6 Å². The lowest BCUT2D eigenvalue weighted by atomic mass is 10.3. The molecular weight excluding hydrogens is 344 g/mol. The molecule has 3 N–H and O–H groups in total. The molecule has 0 unspecified atom stereocenters. The SMILES string of the molecule is Cc1nn(-c2ccc([N+](=O)[O-])cc2)c([O-])c1[N+](=O)[O-].Nc1cccc[nH+]1.